The van der Waals surface area contributed by atoms with Gasteiger partial charge in [0.05, 0.1) is 11.0 Å². The van der Waals surface area contributed by atoms with E-state index in [1.807, 2.05) is 24.3 Å². The second-order valence-corrected chi connectivity index (χ2v) is 6.03. The van der Waals surface area contributed by atoms with Gasteiger partial charge in [0.2, 0.25) is 5.91 Å². The van der Waals surface area contributed by atoms with Crippen LogP contribution in [0.4, 0.5) is 0 Å². The summed E-state index contributed by atoms with van der Waals surface area (Å²) < 4.78 is 0. The fraction of sp³-hybridized carbons (Fsp3) is 0.529. The van der Waals surface area contributed by atoms with Gasteiger partial charge in [-0.15, -0.1) is 0 Å². The molecule has 2 heterocycles. The molecule has 1 amide bonds. The Labute approximate surface area is 130 Å². The van der Waals surface area contributed by atoms with Crippen molar-refractivity contribution in [1.82, 2.24) is 20.6 Å². The van der Waals surface area contributed by atoms with Crippen LogP contribution in [0.25, 0.3) is 11.0 Å². The quantitative estimate of drug-likeness (QED) is 0.764. The highest BCUT2D eigenvalue weighted by molar-refractivity contribution is 5.76. The number of benzene rings is 1. The summed E-state index contributed by atoms with van der Waals surface area (Å²) in [7, 11) is 0. The van der Waals surface area contributed by atoms with Gasteiger partial charge >= 0.3 is 0 Å². The molecule has 118 valence electrons. The molecule has 1 aromatic heterocycles. The Balaban J connectivity index is 1.37. The number of H-pyrrole nitrogens is 1. The van der Waals surface area contributed by atoms with E-state index >= 15 is 0 Å². The van der Waals surface area contributed by atoms with Crippen molar-refractivity contribution in [2.75, 3.05) is 19.6 Å². The van der Waals surface area contributed by atoms with E-state index in [1.165, 1.54) is 12.8 Å². The topological polar surface area (TPSA) is 69.8 Å². The van der Waals surface area contributed by atoms with Gasteiger partial charge in [0, 0.05) is 19.4 Å². The van der Waals surface area contributed by atoms with Gasteiger partial charge in [0.1, 0.15) is 5.82 Å². The first-order valence-corrected chi connectivity index (χ1v) is 8.22. The third kappa shape index (κ3) is 4.07. The number of nitrogens with zero attached hydrogens (tertiary/aromatic N) is 1. The molecule has 0 radical (unpaired) electrons. The number of amides is 1. The van der Waals surface area contributed by atoms with Crippen molar-refractivity contribution >= 4 is 16.9 Å². The lowest BCUT2D eigenvalue weighted by molar-refractivity contribution is -0.121. The predicted molar refractivity (Wildman–Crippen MR) is 87.6 cm³/mol. The molecule has 0 bridgehead atoms. The first-order valence-electron chi connectivity index (χ1n) is 8.22. The van der Waals surface area contributed by atoms with Crippen molar-refractivity contribution in [3.8, 4) is 0 Å². The Morgan fingerprint density at radius 2 is 2.09 bits per heavy atom. The lowest BCUT2D eigenvalue weighted by atomic mass is 9.93. The van der Waals surface area contributed by atoms with E-state index in [4.69, 9.17) is 0 Å². The molecule has 5 nitrogen and oxygen atoms in total. The second kappa shape index (κ2) is 7.40. The van der Waals surface area contributed by atoms with Crippen molar-refractivity contribution in [2.24, 2.45) is 5.92 Å². The summed E-state index contributed by atoms with van der Waals surface area (Å²) in [6.07, 6.45) is 4.80. The van der Waals surface area contributed by atoms with Gasteiger partial charge in [-0.3, -0.25) is 4.79 Å². The summed E-state index contributed by atoms with van der Waals surface area (Å²) in [5.41, 5.74) is 2.03. The standard InChI is InChI=1S/C17H24N4O/c22-17(6-5-13-7-10-18-11-8-13)19-12-9-16-20-14-3-1-2-4-15(14)21-16/h1-4,13,18H,5-12H2,(H,19,22)(H,20,21). The highest BCUT2D eigenvalue weighted by atomic mass is 16.1. The summed E-state index contributed by atoms with van der Waals surface area (Å²) in [5.74, 6) is 1.80. The van der Waals surface area contributed by atoms with E-state index in [1.54, 1.807) is 0 Å². The van der Waals surface area contributed by atoms with Crippen LogP contribution in [0, 0.1) is 5.92 Å². The lowest BCUT2D eigenvalue weighted by Gasteiger charge is -2.22. The number of para-hydroxylation sites is 2. The van der Waals surface area contributed by atoms with Crippen molar-refractivity contribution in [3.63, 3.8) is 0 Å². The maximum atomic E-state index is 11.9. The molecule has 0 spiro atoms. The van der Waals surface area contributed by atoms with Crippen molar-refractivity contribution in [3.05, 3.63) is 30.1 Å². The predicted octanol–water partition coefficient (Wildman–Crippen LogP) is 2.00. The van der Waals surface area contributed by atoms with Gasteiger partial charge in [-0.25, -0.2) is 4.98 Å². The van der Waals surface area contributed by atoms with Gasteiger partial charge in [0.25, 0.3) is 0 Å². The Morgan fingerprint density at radius 3 is 2.91 bits per heavy atom. The first kappa shape index (κ1) is 15.0. The zero-order valence-corrected chi connectivity index (χ0v) is 12.9. The Bertz CT molecular complexity index is 583. The number of aromatic nitrogens is 2. The van der Waals surface area contributed by atoms with Crippen molar-refractivity contribution in [2.45, 2.75) is 32.1 Å². The molecule has 0 atom stereocenters. The first-order chi connectivity index (χ1) is 10.8. The Morgan fingerprint density at radius 1 is 1.27 bits per heavy atom. The van der Waals surface area contributed by atoms with E-state index in [0.717, 1.165) is 42.8 Å². The van der Waals surface area contributed by atoms with Crippen LogP contribution in [0.15, 0.2) is 24.3 Å². The summed E-state index contributed by atoms with van der Waals surface area (Å²) in [6, 6.07) is 7.98. The minimum atomic E-state index is 0.162. The zero-order valence-electron chi connectivity index (χ0n) is 12.9. The molecule has 0 saturated carbocycles. The van der Waals surface area contributed by atoms with E-state index in [9.17, 15) is 4.79 Å². The maximum Gasteiger partial charge on any atom is 0.220 e. The van der Waals surface area contributed by atoms with Gasteiger partial charge in [0.15, 0.2) is 0 Å². The summed E-state index contributed by atoms with van der Waals surface area (Å²) in [5, 5.41) is 6.36. The normalized spacial score (nSPS) is 16.0. The highest BCUT2D eigenvalue weighted by Crippen LogP contribution is 2.17. The molecule has 1 fully saturated rings. The average molecular weight is 300 g/mol. The number of carbonyl (C=O) groups excluding carboxylic acids is 1. The van der Waals surface area contributed by atoms with E-state index in [-0.39, 0.29) is 5.91 Å². The molecule has 1 aliphatic rings. The molecule has 5 heteroatoms. The largest absolute Gasteiger partial charge is 0.356 e. The number of nitrogens with one attached hydrogen (secondary N) is 3. The smallest absolute Gasteiger partial charge is 0.220 e. The summed E-state index contributed by atoms with van der Waals surface area (Å²) >= 11 is 0. The number of hydrogen-bond donors (Lipinski definition) is 3. The molecule has 3 N–H and O–H groups in total. The van der Waals surface area contributed by atoms with Crippen LogP contribution in [0.2, 0.25) is 0 Å². The van der Waals surface area contributed by atoms with Crippen molar-refractivity contribution in [1.29, 1.82) is 0 Å². The molecule has 1 aliphatic heterocycles. The molecule has 1 aromatic carbocycles. The molecular weight excluding hydrogens is 276 g/mol. The van der Waals surface area contributed by atoms with Gasteiger partial charge in [-0.1, -0.05) is 12.1 Å². The van der Waals surface area contributed by atoms with Crippen LogP contribution in [0.1, 0.15) is 31.5 Å². The molecule has 3 rings (SSSR count). The molecule has 1 saturated heterocycles. The molecule has 0 aliphatic carbocycles. The van der Waals surface area contributed by atoms with Crippen LogP contribution in [0.3, 0.4) is 0 Å². The number of rotatable bonds is 6. The van der Waals surface area contributed by atoms with Gasteiger partial charge in [-0.2, -0.15) is 0 Å². The Hall–Kier alpha value is -1.88. The fourth-order valence-corrected chi connectivity index (χ4v) is 3.04. The SMILES string of the molecule is O=C(CCC1CCNCC1)NCCc1nc2ccccc2[nH]1. The highest BCUT2D eigenvalue weighted by Gasteiger charge is 2.14. The number of piperidine rings is 1. The zero-order chi connectivity index (χ0) is 15.2. The van der Waals surface area contributed by atoms with Crippen LogP contribution in [-0.2, 0) is 11.2 Å². The number of carbonyl (C=O) groups is 1. The molecular formula is C17H24N4O. The van der Waals surface area contributed by atoms with E-state index in [0.29, 0.717) is 18.9 Å². The minimum absolute atomic E-state index is 0.162. The fourth-order valence-electron chi connectivity index (χ4n) is 3.04. The van der Waals surface area contributed by atoms with E-state index in [2.05, 4.69) is 20.6 Å². The van der Waals surface area contributed by atoms with E-state index < -0.39 is 0 Å². The number of aromatic amines is 1. The lowest BCUT2D eigenvalue weighted by Crippen LogP contribution is -2.30. The second-order valence-electron chi connectivity index (χ2n) is 6.03. The molecule has 2 aromatic rings. The molecule has 0 unspecified atom stereocenters. The third-order valence-electron chi connectivity index (χ3n) is 4.36. The maximum absolute atomic E-state index is 11.9. The van der Waals surface area contributed by atoms with Gasteiger partial charge < -0.3 is 15.6 Å². The Kier molecular flexibility index (Phi) is 5.06. The number of fused-ring (bicyclic) bond motifs is 1. The van der Waals surface area contributed by atoms with Gasteiger partial charge in [-0.05, 0) is 50.4 Å². The number of imidazole rings is 1. The summed E-state index contributed by atoms with van der Waals surface area (Å²) in [4.78, 5) is 19.7. The molecule has 22 heavy (non-hydrogen) atoms. The minimum Gasteiger partial charge on any atom is -0.356 e. The monoisotopic (exact) mass is 300 g/mol. The van der Waals surface area contributed by atoms with Crippen LogP contribution >= 0.6 is 0 Å². The number of hydrogen-bond acceptors (Lipinski definition) is 3. The third-order valence-corrected chi connectivity index (χ3v) is 4.36. The summed E-state index contributed by atoms with van der Waals surface area (Å²) in [6.45, 7) is 2.83. The van der Waals surface area contributed by atoms with Crippen LogP contribution < -0.4 is 10.6 Å². The van der Waals surface area contributed by atoms with Crippen LogP contribution in [0.5, 0.6) is 0 Å². The van der Waals surface area contributed by atoms with Crippen LogP contribution in [-0.4, -0.2) is 35.5 Å². The van der Waals surface area contributed by atoms with Crippen molar-refractivity contribution < 1.29 is 4.79 Å². The average Bonchev–Trinajstić information content (AvgIpc) is 2.96.